The molecule has 5 aromatic carbocycles. The molecule has 5 aromatic heterocycles. The third-order valence-corrected chi connectivity index (χ3v) is 9.27. The molecule has 0 atom stereocenters. The fourth-order valence-corrected chi connectivity index (χ4v) is 6.79. The Morgan fingerprint density at radius 1 is 0.373 bits per heavy atom. The van der Waals surface area contributed by atoms with Gasteiger partial charge in [-0.15, -0.1) is 0 Å². The number of aromatic nitrogens is 6. The number of pyridine rings is 3. The van der Waals surface area contributed by atoms with Crippen LogP contribution in [0.5, 0.6) is 0 Å². The lowest BCUT2D eigenvalue weighted by Crippen LogP contribution is -2.01. The minimum absolute atomic E-state index is 0.497. The number of nitrogens with zero attached hydrogens (tertiary/aromatic N) is 6. The van der Waals surface area contributed by atoms with E-state index in [9.17, 15) is 0 Å². The standard InChI is InChI=1S/C44H26N6O/c1-3-11-35-33(10-1)39-34(24-23-32-31-9-2-4-14-38(31)51-41(32)39)40(47-35)29-19-15-27(16-20-29)28-17-21-30(22-18-28)42-48-43(36-12-5-7-25-45-36)50-44(49-42)37-13-6-8-26-46-37/h1-26H. The van der Waals surface area contributed by atoms with Crippen LogP contribution in [0.15, 0.2) is 162 Å². The lowest BCUT2D eigenvalue weighted by atomic mass is 9.96. The normalized spacial score (nSPS) is 11.5. The quantitative estimate of drug-likeness (QED) is 0.171. The monoisotopic (exact) mass is 654 g/mol. The summed E-state index contributed by atoms with van der Waals surface area (Å²) < 4.78 is 6.49. The highest BCUT2D eigenvalue weighted by molar-refractivity contribution is 6.24. The molecule has 0 aliphatic rings. The van der Waals surface area contributed by atoms with E-state index in [1.165, 1.54) is 0 Å². The molecule has 0 spiro atoms. The third kappa shape index (κ3) is 4.99. The van der Waals surface area contributed by atoms with E-state index in [2.05, 4.69) is 88.8 Å². The molecule has 5 heterocycles. The lowest BCUT2D eigenvalue weighted by Gasteiger charge is -2.11. The second-order valence-electron chi connectivity index (χ2n) is 12.3. The molecule has 7 heteroatoms. The maximum atomic E-state index is 6.49. The lowest BCUT2D eigenvalue weighted by molar-refractivity contribution is 0.673. The van der Waals surface area contributed by atoms with Gasteiger partial charge in [-0.1, -0.05) is 103 Å². The van der Waals surface area contributed by atoms with Crippen LogP contribution in [0.25, 0.3) is 100 Å². The van der Waals surface area contributed by atoms with E-state index < -0.39 is 0 Å². The largest absolute Gasteiger partial charge is 0.455 e. The maximum Gasteiger partial charge on any atom is 0.182 e. The van der Waals surface area contributed by atoms with Crippen molar-refractivity contribution >= 4 is 43.6 Å². The molecule has 0 unspecified atom stereocenters. The fraction of sp³-hybridized carbons (Fsp3) is 0. The molecule has 10 rings (SSSR count). The molecule has 10 aromatic rings. The number of benzene rings is 5. The Morgan fingerprint density at radius 2 is 0.922 bits per heavy atom. The van der Waals surface area contributed by atoms with Crippen molar-refractivity contribution < 1.29 is 4.42 Å². The van der Waals surface area contributed by atoms with E-state index in [4.69, 9.17) is 24.4 Å². The summed E-state index contributed by atoms with van der Waals surface area (Å²) in [5, 5.41) is 5.45. The number of rotatable bonds is 5. The van der Waals surface area contributed by atoms with Crippen LogP contribution in [-0.2, 0) is 0 Å². The van der Waals surface area contributed by atoms with Crippen LogP contribution in [0.4, 0.5) is 0 Å². The Labute approximate surface area is 292 Å². The molecule has 238 valence electrons. The van der Waals surface area contributed by atoms with Crippen LogP contribution < -0.4 is 0 Å². The molecule has 0 N–H and O–H groups in total. The topological polar surface area (TPSA) is 90.5 Å². The van der Waals surface area contributed by atoms with Crippen LogP contribution in [0.1, 0.15) is 0 Å². The summed E-state index contributed by atoms with van der Waals surface area (Å²) in [5.74, 6) is 1.55. The van der Waals surface area contributed by atoms with Crippen molar-refractivity contribution in [2.24, 2.45) is 0 Å². The molecule has 0 saturated heterocycles. The van der Waals surface area contributed by atoms with Gasteiger partial charge in [0.05, 0.1) is 11.2 Å². The molecular weight excluding hydrogens is 629 g/mol. The molecule has 0 amide bonds. The molecule has 0 saturated carbocycles. The average molecular weight is 655 g/mol. The van der Waals surface area contributed by atoms with E-state index in [0.717, 1.165) is 71.6 Å². The van der Waals surface area contributed by atoms with Crippen molar-refractivity contribution in [3.63, 3.8) is 0 Å². The van der Waals surface area contributed by atoms with E-state index in [-0.39, 0.29) is 0 Å². The Kier molecular flexibility index (Phi) is 6.67. The van der Waals surface area contributed by atoms with Crippen LogP contribution >= 0.6 is 0 Å². The summed E-state index contributed by atoms with van der Waals surface area (Å²) in [6, 6.07) is 49.1. The smallest absolute Gasteiger partial charge is 0.182 e. The maximum absolute atomic E-state index is 6.49. The van der Waals surface area contributed by atoms with Crippen molar-refractivity contribution in [3.8, 4) is 56.8 Å². The first-order valence-corrected chi connectivity index (χ1v) is 16.7. The van der Waals surface area contributed by atoms with Gasteiger partial charge in [0, 0.05) is 50.5 Å². The van der Waals surface area contributed by atoms with Crippen molar-refractivity contribution in [1.29, 1.82) is 0 Å². The number of hydrogen-bond donors (Lipinski definition) is 0. The molecule has 51 heavy (non-hydrogen) atoms. The average Bonchev–Trinajstić information content (AvgIpc) is 3.60. The minimum Gasteiger partial charge on any atom is -0.455 e. The zero-order chi connectivity index (χ0) is 33.7. The van der Waals surface area contributed by atoms with E-state index in [1.54, 1.807) is 12.4 Å². The minimum atomic E-state index is 0.497. The van der Waals surface area contributed by atoms with Crippen molar-refractivity contribution in [2.45, 2.75) is 0 Å². The van der Waals surface area contributed by atoms with Gasteiger partial charge >= 0.3 is 0 Å². The van der Waals surface area contributed by atoms with Crippen LogP contribution in [0.3, 0.4) is 0 Å². The molecule has 0 aliphatic heterocycles. The first-order valence-electron chi connectivity index (χ1n) is 16.7. The summed E-state index contributed by atoms with van der Waals surface area (Å²) in [7, 11) is 0. The Morgan fingerprint density at radius 3 is 1.59 bits per heavy atom. The molecule has 0 fully saturated rings. The SMILES string of the molecule is c1ccc(-c2nc(-c3ccc(-c4ccc(-c5nc6ccccc6c6c5ccc5c7ccccc7oc56)cc4)cc3)nc(-c3ccccn3)n2)nc1. The molecule has 7 nitrogen and oxygen atoms in total. The Bertz CT molecular complexity index is 2830. The van der Waals surface area contributed by atoms with Gasteiger partial charge < -0.3 is 4.42 Å². The molecule has 0 aliphatic carbocycles. The highest BCUT2D eigenvalue weighted by Gasteiger charge is 2.18. The zero-order valence-electron chi connectivity index (χ0n) is 27.1. The number of fused-ring (bicyclic) bond motifs is 7. The van der Waals surface area contributed by atoms with Crippen LogP contribution in [0.2, 0.25) is 0 Å². The van der Waals surface area contributed by atoms with Gasteiger partial charge in [-0.2, -0.15) is 0 Å². The fourth-order valence-electron chi connectivity index (χ4n) is 6.79. The Balaban J connectivity index is 1.03. The van der Waals surface area contributed by atoms with E-state index in [1.807, 2.05) is 66.7 Å². The van der Waals surface area contributed by atoms with Gasteiger partial charge in [0.15, 0.2) is 17.5 Å². The number of furan rings is 1. The van der Waals surface area contributed by atoms with Crippen LogP contribution in [0, 0.1) is 0 Å². The summed E-state index contributed by atoms with van der Waals surface area (Å²) in [4.78, 5) is 28.4. The first kappa shape index (κ1) is 28.9. The summed E-state index contributed by atoms with van der Waals surface area (Å²) >= 11 is 0. The second kappa shape index (κ2) is 11.8. The van der Waals surface area contributed by atoms with Crippen molar-refractivity contribution in [2.75, 3.05) is 0 Å². The summed E-state index contributed by atoms with van der Waals surface area (Å²) in [6.45, 7) is 0. The van der Waals surface area contributed by atoms with Crippen molar-refractivity contribution in [1.82, 2.24) is 29.9 Å². The first-order chi connectivity index (χ1) is 25.3. The van der Waals surface area contributed by atoms with Gasteiger partial charge in [-0.25, -0.2) is 19.9 Å². The second-order valence-corrected chi connectivity index (χ2v) is 12.3. The van der Waals surface area contributed by atoms with Gasteiger partial charge in [-0.3, -0.25) is 9.97 Å². The Hall–Kier alpha value is -7.12. The van der Waals surface area contributed by atoms with Gasteiger partial charge in [-0.05, 0) is 53.6 Å². The van der Waals surface area contributed by atoms with Gasteiger partial charge in [0.2, 0.25) is 0 Å². The van der Waals surface area contributed by atoms with E-state index in [0.29, 0.717) is 28.9 Å². The predicted octanol–water partition coefficient (Wildman–Crippen LogP) is 10.6. The van der Waals surface area contributed by atoms with E-state index >= 15 is 0 Å². The molecular formula is C44H26N6O. The summed E-state index contributed by atoms with van der Waals surface area (Å²) in [6.07, 6.45) is 3.47. The summed E-state index contributed by atoms with van der Waals surface area (Å²) in [5.41, 5.74) is 9.06. The number of para-hydroxylation sites is 2. The number of hydrogen-bond acceptors (Lipinski definition) is 7. The third-order valence-electron chi connectivity index (χ3n) is 9.27. The highest BCUT2D eigenvalue weighted by Crippen LogP contribution is 2.40. The van der Waals surface area contributed by atoms with Gasteiger partial charge in [0.25, 0.3) is 0 Å². The zero-order valence-corrected chi connectivity index (χ0v) is 27.1. The molecule has 0 radical (unpaired) electrons. The van der Waals surface area contributed by atoms with Crippen molar-refractivity contribution in [3.05, 3.63) is 158 Å². The molecule has 0 bridgehead atoms. The van der Waals surface area contributed by atoms with Crippen LogP contribution in [-0.4, -0.2) is 29.9 Å². The predicted molar refractivity (Wildman–Crippen MR) is 203 cm³/mol. The van der Waals surface area contributed by atoms with Gasteiger partial charge in [0.1, 0.15) is 22.6 Å². The highest BCUT2D eigenvalue weighted by atomic mass is 16.3.